The van der Waals surface area contributed by atoms with Gasteiger partial charge in [-0.05, 0) is 53.6 Å². The van der Waals surface area contributed by atoms with E-state index in [1.807, 2.05) is 30.3 Å². The van der Waals surface area contributed by atoms with E-state index >= 15 is 0 Å². The molecule has 0 radical (unpaired) electrons. The molecule has 0 unspecified atom stereocenters. The summed E-state index contributed by atoms with van der Waals surface area (Å²) in [4.78, 5) is 52.1. The molecule has 1 atom stereocenters. The molecule has 2 aromatic carbocycles. The Bertz CT molecular complexity index is 1260. The first-order valence-electron chi connectivity index (χ1n) is 11.2. The Balaban J connectivity index is 1.45. The first kappa shape index (κ1) is 24.2. The molecule has 0 saturated carbocycles. The van der Waals surface area contributed by atoms with Gasteiger partial charge in [-0.3, -0.25) is 14.4 Å². The van der Waals surface area contributed by atoms with E-state index in [0.717, 1.165) is 11.1 Å². The van der Waals surface area contributed by atoms with E-state index in [0.29, 0.717) is 41.1 Å². The Labute approximate surface area is 206 Å². The van der Waals surface area contributed by atoms with E-state index in [1.54, 1.807) is 41.5 Å². The first-order chi connectivity index (χ1) is 16.8. The summed E-state index contributed by atoms with van der Waals surface area (Å²) in [7, 11) is 0. The summed E-state index contributed by atoms with van der Waals surface area (Å²) in [6.45, 7) is 2.50. The molecular formula is C26H25N3O5S. The van der Waals surface area contributed by atoms with Crippen LogP contribution in [-0.4, -0.2) is 52.8 Å². The standard InChI is InChI=1S/C26H25N3O5S/c1-16-12-20-18(9-10-29(25(20)32)15-17-6-3-2-4-7-17)13-19(16)23(30)28-21(26(33)34)14-27-24(31)22-8-5-11-35-22/h2-8,11-13,21H,9-10,14-15H2,1H3,(H,27,31)(H,28,30)(H,33,34)/t21-/m0/s1. The number of aliphatic carboxylic acids is 1. The maximum Gasteiger partial charge on any atom is 0.328 e. The number of thiophene rings is 1. The van der Waals surface area contributed by atoms with Gasteiger partial charge in [0.25, 0.3) is 17.7 Å². The van der Waals surface area contributed by atoms with Gasteiger partial charge in [0.15, 0.2) is 0 Å². The monoisotopic (exact) mass is 491 g/mol. The van der Waals surface area contributed by atoms with Crippen LogP contribution in [0.5, 0.6) is 0 Å². The SMILES string of the molecule is Cc1cc2c(cc1C(=O)N[C@@H](CNC(=O)c1cccs1)C(=O)O)CCN(Cc1ccccc1)C2=O. The zero-order valence-electron chi connectivity index (χ0n) is 19.1. The Morgan fingerprint density at radius 1 is 1.09 bits per heavy atom. The van der Waals surface area contributed by atoms with Crippen LogP contribution in [0.3, 0.4) is 0 Å². The van der Waals surface area contributed by atoms with E-state index in [-0.39, 0.29) is 12.5 Å². The highest BCUT2D eigenvalue weighted by Gasteiger charge is 2.28. The number of carboxylic acids is 1. The van der Waals surface area contributed by atoms with Crippen LogP contribution in [0.2, 0.25) is 0 Å². The maximum atomic E-state index is 13.1. The lowest BCUT2D eigenvalue weighted by Gasteiger charge is -2.29. The van der Waals surface area contributed by atoms with E-state index in [9.17, 15) is 24.3 Å². The number of carboxylic acid groups (broad SMARTS) is 1. The molecule has 3 aromatic rings. The molecule has 0 saturated heterocycles. The van der Waals surface area contributed by atoms with Crippen molar-refractivity contribution in [3.63, 3.8) is 0 Å². The van der Waals surface area contributed by atoms with Crippen molar-refractivity contribution in [1.82, 2.24) is 15.5 Å². The molecule has 0 bridgehead atoms. The van der Waals surface area contributed by atoms with Crippen LogP contribution in [0.15, 0.2) is 60.0 Å². The lowest BCUT2D eigenvalue weighted by atomic mass is 9.92. The molecule has 3 amide bonds. The topological polar surface area (TPSA) is 116 Å². The van der Waals surface area contributed by atoms with Gasteiger partial charge < -0.3 is 20.6 Å². The fourth-order valence-electron chi connectivity index (χ4n) is 4.01. The number of carbonyl (C=O) groups excluding carboxylic acids is 3. The second-order valence-electron chi connectivity index (χ2n) is 8.34. The number of aryl methyl sites for hydroxylation is 1. The van der Waals surface area contributed by atoms with Crippen LogP contribution >= 0.6 is 11.3 Å². The van der Waals surface area contributed by atoms with Crippen molar-refractivity contribution in [3.8, 4) is 0 Å². The zero-order chi connectivity index (χ0) is 24.9. The lowest BCUT2D eigenvalue weighted by Crippen LogP contribution is -2.48. The summed E-state index contributed by atoms with van der Waals surface area (Å²) in [6, 6.07) is 15.2. The molecule has 8 nitrogen and oxygen atoms in total. The number of rotatable bonds is 8. The molecule has 0 spiro atoms. The average molecular weight is 492 g/mol. The molecule has 2 heterocycles. The number of nitrogens with zero attached hydrogens (tertiary/aromatic N) is 1. The van der Waals surface area contributed by atoms with Gasteiger partial charge in [0.1, 0.15) is 6.04 Å². The molecular weight excluding hydrogens is 466 g/mol. The zero-order valence-corrected chi connectivity index (χ0v) is 19.9. The highest BCUT2D eigenvalue weighted by atomic mass is 32.1. The molecule has 180 valence electrons. The lowest BCUT2D eigenvalue weighted by molar-refractivity contribution is -0.139. The minimum Gasteiger partial charge on any atom is -0.480 e. The summed E-state index contributed by atoms with van der Waals surface area (Å²) in [5, 5.41) is 16.3. The largest absolute Gasteiger partial charge is 0.480 e. The predicted octanol–water partition coefficient (Wildman–Crippen LogP) is 2.87. The van der Waals surface area contributed by atoms with Gasteiger partial charge in [0.2, 0.25) is 0 Å². The van der Waals surface area contributed by atoms with E-state index in [1.165, 1.54) is 11.3 Å². The average Bonchev–Trinajstić information content (AvgIpc) is 3.39. The molecule has 35 heavy (non-hydrogen) atoms. The van der Waals surface area contributed by atoms with Gasteiger partial charge >= 0.3 is 5.97 Å². The number of hydrogen-bond acceptors (Lipinski definition) is 5. The maximum absolute atomic E-state index is 13.1. The molecule has 1 aromatic heterocycles. The highest BCUT2D eigenvalue weighted by Crippen LogP contribution is 2.24. The summed E-state index contributed by atoms with van der Waals surface area (Å²) < 4.78 is 0. The van der Waals surface area contributed by atoms with E-state index in [4.69, 9.17) is 0 Å². The Kier molecular flexibility index (Phi) is 7.26. The van der Waals surface area contributed by atoms with Crippen molar-refractivity contribution in [1.29, 1.82) is 0 Å². The van der Waals surface area contributed by atoms with Gasteiger partial charge in [-0.25, -0.2) is 4.79 Å². The minimum atomic E-state index is -1.30. The third kappa shape index (κ3) is 5.58. The molecule has 9 heteroatoms. The second kappa shape index (κ2) is 10.5. The van der Waals surface area contributed by atoms with Crippen molar-refractivity contribution < 1.29 is 24.3 Å². The molecule has 1 aliphatic heterocycles. The first-order valence-corrected chi connectivity index (χ1v) is 12.0. The Morgan fingerprint density at radius 3 is 2.54 bits per heavy atom. The third-order valence-electron chi connectivity index (χ3n) is 5.89. The van der Waals surface area contributed by atoms with Crippen molar-refractivity contribution in [2.24, 2.45) is 0 Å². The summed E-state index contributed by atoms with van der Waals surface area (Å²) in [5.41, 5.74) is 3.24. The van der Waals surface area contributed by atoms with E-state index < -0.39 is 23.8 Å². The number of carbonyl (C=O) groups is 4. The summed E-state index contributed by atoms with van der Waals surface area (Å²) >= 11 is 1.24. The fraction of sp³-hybridized carbons (Fsp3) is 0.231. The van der Waals surface area contributed by atoms with Gasteiger partial charge in [-0.2, -0.15) is 0 Å². The van der Waals surface area contributed by atoms with Crippen LogP contribution in [0.4, 0.5) is 0 Å². The van der Waals surface area contributed by atoms with Crippen LogP contribution in [0, 0.1) is 6.92 Å². The van der Waals surface area contributed by atoms with Gasteiger partial charge in [0.05, 0.1) is 4.88 Å². The summed E-state index contributed by atoms with van der Waals surface area (Å²) in [5.74, 6) is -2.32. The molecule has 3 N–H and O–H groups in total. The smallest absolute Gasteiger partial charge is 0.328 e. The Morgan fingerprint density at radius 2 is 1.86 bits per heavy atom. The molecule has 0 aliphatic carbocycles. The van der Waals surface area contributed by atoms with Crippen LogP contribution in [0.1, 0.15) is 47.1 Å². The summed E-state index contributed by atoms with van der Waals surface area (Å²) in [6.07, 6.45) is 0.591. The number of benzene rings is 2. The normalized spacial score (nSPS) is 13.6. The van der Waals surface area contributed by atoms with E-state index in [2.05, 4.69) is 10.6 Å². The Hall–Kier alpha value is -3.98. The quantitative estimate of drug-likeness (QED) is 0.448. The molecule has 4 rings (SSSR count). The highest BCUT2D eigenvalue weighted by molar-refractivity contribution is 7.12. The van der Waals surface area contributed by atoms with Crippen LogP contribution < -0.4 is 10.6 Å². The predicted molar refractivity (Wildman–Crippen MR) is 132 cm³/mol. The molecule has 1 aliphatic rings. The van der Waals surface area contributed by atoms with Gasteiger partial charge in [-0.15, -0.1) is 11.3 Å². The van der Waals surface area contributed by atoms with Crippen molar-refractivity contribution in [2.75, 3.05) is 13.1 Å². The van der Waals surface area contributed by atoms with Gasteiger partial charge in [-0.1, -0.05) is 36.4 Å². The number of hydrogen-bond donors (Lipinski definition) is 3. The number of fused-ring (bicyclic) bond motifs is 1. The van der Waals surface area contributed by atoms with Crippen molar-refractivity contribution >= 4 is 35.0 Å². The minimum absolute atomic E-state index is 0.0927. The number of nitrogens with one attached hydrogen (secondary N) is 2. The fourth-order valence-corrected chi connectivity index (χ4v) is 4.65. The van der Waals surface area contributed by atoms with Crippen LogP contribution in [0.25, 0.3) is 0 Å². The number of amides is 3. The van der Waals surface area contributed by atoms with Crippen molar-refractivity contribution in [2.45, 2.75) is 25.9 Å². The second-order valence-corrected chi connectivity index (χ2v) is 9.29. The van der Waals surface area contributed by atoms with Crippen LogP contribution in [-0.2, 0) is 17.8 Å². The van der Waals surface area contributed by atoms with Crippen molar-refractivity contribution in [3.05, 3.63) is 92.7 Å². The third-order valence-corrected chi connectivity index (χ3v) is 6.76. The van der Waals surface area contributed by atoms with Gasteiger partial charge in [0, 0.05) is 30.8 Å². The molecule has 0 fully saturated rings.